The highest BCUT2D eigenvalue weighted by Gasteiger charge is 2.19. The first-order valence-corrected chi connectivity index (χ1v) is 6.97. The van der Waals surface area contributed by atoms with Crippen LogP contribution in [0.2, 0.25) is 0 Å². The minimum Gasteiger partial charge on any atom is -0.345 e. The van der Waals surface area contributed by atoms with E-state index in [4.69, 9.17) is 4.52 Å². The molecule has 0 aliphatic rings. The van der Waals surface area contributed by atoms with Crippen molar-refractivity contribution in [3.8, 4) is 22.8 Å². The SMILES string of the molecule is CN(C)C(=O)c1ccccc1-c1nc(-c2ccc(F)cc2)no1. The van der Waals surface area contributed by atoms with E-state index >= 15 is 0 Å². The summed E-state index contributed by atoms with van der Waals surface area (Å²) in [6.07, 6.45) is 0. The lowest BCUT2D eigenvalue weighted by molar-refractivity contribution is 0.0828. The molecule has 116 valence electrons. The maximum Gasteiger partial charge on any atom is 0.259 e. The van der Waals surface area contributed by atoms with Crippen molar-refractivity contribution >= 4 is 5.91 Å². The monoisotopic (exact) mass is 311 g/mol. The van der Waals surface area contributed by atoms with Crippen molar-refractivity contribution in [2.75, 3.05) is 14.1 Å². The van der Waals surface area contributed by atoms with Crippen molar-refractivity contribution in [1.29, 1.82) is 0 Å². The van der Waals surface area contributed by atoms with Gasteiger partial charge in [-0.05, 0) is 36.4 Å². The molecule has 1 heterocycles. The van der Waals surface area contributed by atoms with Gasteiger partial charge < -0.3 is 9.42 Å². The van der Waals surface area contributed by atoms with E-state index in [1.165, 1.54) is 17.0 Å². The Labute approximate surface area is 132 Å². The molecule has 0 spiro atoms. The molecule has 0 aliphatic carbocycles. The second kappa shape index (κ2) is 6.00. The summed E-state index contributed by atoms with van der Waals surface area (Å²) in [6.45, 7) is 0. The fraction of sp³-hybridized carbons (Fsp3) is 0.118. The van der Waals surface area contributed by atoms with Crippen LogP contribution < -0.4 is 0 Å². The summed E-state index contributed by atoms with van der Waals surface area (Å²) < 4.78 is 18.3. The first-order chi connectivity index (χ1) is 11.1. The molecular weight excluding hydrogens is 297 g/mol. The van der Waals surface area contributed by atoms with Crippen LogP contribution in [0.1, 0.15) is 10.4 Å². The average Bonchev–Trinajstić information content (AvgIpc) is 3.04. The van der Waals surface area contributed by atoms with Crippen molar-refractivity contribution < 1.29 is 13.7 Å². The van der Waals surface area contributed by atoms with Gasteiger partial charge in [-0.3, -0.25) is 4.79 Å². The van der Waals surface area contributed by atoms with E-state index in [1.54, 1.807) is 50.5 Å². The minimum absolute atomic E-state index is 0.151. The summed E-state index contributed by atoms with van der Waals surface area (Å²) in [6, 6.07) is 12.8. The maximum atomic E-state index is 13.0. The third-order valence-corrected chi connectivity index (χ3v) is 3.32. The standard InChI is InChI=1S/C17H14FN3O2/c1-21(2)17(22)14-6-4-3-5-13(14)16-19-15(20-23-16)11-7-9-12(18)10-8-11/h3-10H,1-2H3. The van der Waals surface area contributed by atoms with Gasteiger partial charge in [-0.25, -0.2) is 4.39 Å². The van der Waals surface area contributed by atoms with E-state index in [0.717, 1.165) is 0 Å². The average molecular weight is 311 g/mol. The number of aromatic nitrogens is 2. The summed E-state index contributed by atoms with van der Waals surface area (Å²) >= 11 is 0. The number of carbonyl (C=O) groups excluding carboxylic acids is 1. The molecule has 1 amide bonds. The van der Waals surface area contributed by atoms with Crippen molar-refractivity contribution in [2.45, 2.75) is 0 Å². The quantitative estimate of drug-likeness (QED) is 0.745. The number of halogens is 1. The van der Waals surface area contributed by atoms with Gasteiger partial charge in [-0.2, -0.15) is 4.98 Å². The summed E-state index contributed by atoms with van der Waals surface area (Å²) in [5.74, 6) is 0.101. The number of benzene rings is 2. The highest BCUT2D eigenvalue weighted by molar-refractivity contribution is 5.99. The number of carbonyl (C=O) groups is 1. The Morgan fingerprint density at radius 1 is 1.09 bits per heavy atom. The van der Waals surface area contributed by atoms with Crippen molar-refractivity contribution in [3.05, 3.63) is 59.9 Å². The van der Waals surface area contributed by atoms with Crippen LogP contribution in [-0.4, -0.2) is 35.0 Å². The molecule has 0 unspecified atom stereocenters. The molecule has 3 aromatic rings. The summed E-state index contributed by atoms with van der Waals surface area (Å²) in [4.78, 5) is 18.0. The van der Waals surface area contributed by atoms with Crippen molar-refractivity contribution in [2.24, 2.45) is 0 Å². The Kier molecular flexibility index (Phi) is 3.89. The van der Waals surface area contributed by atoms with Gasteiger partial charge in [0.15, 0.2) is 0 Å². The number of rotatable bonds is 3. The first-order valence-electron chi connectivity index (χ1n) is 6.97. The van der Waals surface area contributed by atoms with Crippen LogP contribution in [-0.2, 0) is 0 Å². The molecule has 2 aromatic carbocycles. The molecule has 5 nitrogen and oxygen atoms in total. The van der Waals surface area contributed by atoms with E-state index in [9.17, 15) is 9.18 Å². The lowest BCUT2D eigenvalue weighted by atomic mass is 10.1. The predicted molar refractivity (Wildman–Crippen MR) is 83.1 cm³/mol. The predicted octanol–water partition coefficient (Wildman–Crippen LogP) is 3.24. The smallest absolute Gasteiger partial charge is 0.259 e. The maximum absolute atomic E-state index is 13.0. The fourth-order valence-corrected chi connectivity index (χ4v) is 2.15. The third kappa shape index (κ3) is 2.96. The summed E-state index contributed by atoms with van der Waals surface area (Å²) in [7, 11) is 3.35. The van der Waals surface area contributed by atoms with Gasteiger partial charge in [0, 0.05) is 19.7 Å². The zero-order valence-corrected chi connectivity index (χ0v) is 12.7. The van der Waals surface area contributed by atoms with Gasteiger partial charge in [0.25, 0.3) is 11.8 Å². The molecule has 0 bridgehead atoms. The van der Waals surface area contributed by atoms with Crippen LogP contribution in [0.4, 0.5) is 4.39 Å². The summed E-state index contributed by atoms with van der Waals surface area (Å²) in [5, 5.41) is 3.90. The first kappa shape index (κ1) is 14.9. The van der Waals surface area contributed by atoms with E-state index in [2.05, 4.69) is 10.1 Å². The number of nitrogens with zero attached hydrogens (tertiary/aromatic N) is 3. The zero-order chi connectivity index (χ0) is 16.4. The van der Waals surface area contributed by atoms with Crippen molar-refractivity contribution in [3.63, 3.8) is 0 Å². The van der Waals surface area contributed by atoms with Crippen LogP contribution in [0.3, 0.4) is 0 Å². The molecule has 6 heteroatoms. The molecule has 0 fully saturated rings. The second-order valence-electron chi connectivity index (χ2n) is 5.18. The van der Waals surface area contributed by atoms with Crippen LogP contribution >= 0.6 is 0 Å². The highest BCUT2D eigenvalue weighted by atomic mass is 19.1. The fourth-order valence-electron chi connectivity index (χ4n) is 2.15. The third-order valence-electron chi connectivity index (χ3n) is 3.32. The molecule has 0 radical (unpaired) electrons. The molecule has 0 saturated heterocycles. The Hall–Kier alpha value is -3.02. The Bertz CT molecular complexity index is 841. The molecule has 1 aromatic heterocycles. The molecule has 23 heavy (non-hydrogen) atoms. The van der Waals surface area contributed by atoms with Crippen LogP contribution in [0.5, 0.6) is 0 Å². The van der Waals surface area contributed by atoms with E-state index in [0.29, 0.717) is 22.5 Å². The van der Waals surface area contributed by atoms with E-state index in [-0.39, 0.29) is 17.6 Å². The van der Waals surface area contributed by atoms with Crippen LogP contribution in [0, 0.1) is 5.82 Å². The molecule has 3 rings (SSSR count). The number of hydrogen-bond donors (Lipinski definition) is 0. The van der Waals surface area contributed by atoms with E-state index in [1.807, 2.05) is 0 Å². The van der Waals surface area contributed by atoms with Gasteiger partial charge in [0.1, 0.15) is 5.82 Å². The molecule has 0 saturated carbocycles. The van der Waals surface area contributed by atoms with Gasteiger partial charge >= 0.3 is 0 Å². The van der Waals surface area contributed by atoms with Gasteiger partial charge in [0.05, 0.1) is 11.1 Å². The second-order valence-corrected chi connectivity index (χ2v) is 5.18. The van der Waals surface area contributed by atoms with Crippen molar-refractivity contribution in [1.82, 2.24) is 15.0 Å². The molecule has 0 atom stereocenters. The number of hydrogen-bond acceptors (Lipinski definition) is 4. The van der Waals surface area contributed by atoms with Crippen LogP contribution in [0.25, 0.3) is 22.8 Å². The van der Waals surface area contributed by atoms with Gasteiger partial charge in [-0.15, -0.1) is 0 Å². The Balaban J connectivity index is 2.01. The highest BCUT2D eigenvalue weighted by Crippen LogP contribution is 2.25. The van der Waals surface area contributed by atoms with Gasteiger partial charge in [0.2, 0.25) is 5.82 Å². The van der Waals surface area contributed by atoms with Gasteiger partial charge in [-0.1, -0.05) is 17.3 Å². The lowest BCUT2D eigenvalue weighted by Gasteiger charge is -2.11. The summed E-state index contributed by atoms with van der Waals surface area (Å²) in [5.41, 5.74) is 1.68. The Morgan fingerprint density at radius 2 is 1.78 bits per heavy atom. The minimum atomic E-state index is -0.334. The topological polar surface area (TPSA) is 59.2 Å². The number of amides is 1. The molecule has 0 aliphatic heterocycles. The molecule has 0 N–H and O–H groups in total. The normalized spacial score (nSPS) is 10.6. The lowest BCUT2D eigenvalue weighted by Crippen LogP contribution is -2.22. The Morgan fingerprint density at radius 3 is 2.48 bits per heavy atom. The molecular formula is C17H14FN3O2. The zero-order valence-electron chi connectivity index (χ0n) is 12.7. The van der Waals surface area contributed by atoms with Crippen LogP contribution in [0.15, 0.2) is 53.1 Å². The largest absolute Gasteiger partial charge is 0.345 e. The van der Waals surface area contributed by atoms with E-state index < -0.39 is 0 Å².